The first-order valence-corrected chi connectivity index (χ1v) is 8.69. The van der Waals surface area contributed by atoms with Crippen LogP contribution in [0.4, 0.5) is 0 Å². The second kappa shape index (κ2) is 8.76. The molecule has 0 aromatic heterocycles. The van der Waals surface area contributed by atoms with Crippen molar-refractivity contribution in [2.75, 3.05) is 13.2 Å². The Kier molecular flexibility index (Phi) is 7.00. The number of nitrogens with one attached hydrogen (secondary N) is 1. The van der Waals surface area contributed by atoms with E-state index >= 15 is 0 Å². The summed E-state index contributed by atoms with van der Waals surface area (Å²) in [5.41, 5.74) is 0.580. The minimum Gasteiger partial charge on any atom is -0.378 e. The number of halogens is 2. The molecule has 1 amide bonds. The standard InChI is InChI=1S/C16H21BrClNO2/c17-14-8-7-12(11-15(14)18)16(20)19-9-4-10-21-13-5-2-1-3-6-13/h7-8,11,13H,1-6,9-10H2,(H,19,20). The lowest BCUT2D eigenvalue weighted by atomic mass is 9.98. The number of ether oxygens (including phenoxy) is 1. The van der Waals surface area contributed by atoms with Crippen molar-refractivity contribution in [3.63, 3.8) is 0 Å². The van der Waals surface area contributed by atoms with E-state index in [0.29, 0.717) is 29.8 Å². The van der Waals surface area contributed by atoms with Crippen LogP contribution in [0.25, 0.3) is 0 Å². The maximum atomic E-state index is 11.9. The van der Waals surface area contributed by atoms with E-state index in [2.05, 4.69) is 21.2 Å². The average Bonchev–Trinajstić information content (AvgIpc) is 2.50. The molecule has 5 heteroatoms. The van der Waals surface area contributed by atoms with Gasteiger partial charge in [0, 0.05) is 23.2 Å². The molecule has 3 nitrogen and oxygen atoms in total. The van der Waals surface area contributed by atoms with Crippen LogP contribution in [0.5, 0.6) is 0 Å². The minimum absolute atomic E-state index is 0.0953. The first-order chi connectivity index (χ1) is 10.2. The third-order valence-electron chi connectivity index (χ3n) is 3.69. The first kappa shape index (κ1) is 16.8. The Morgan fingerprint density at radius 1 is 1.33 bits per heavy atom. The van der Waals surface area contributed by atoms with Crippen molar-refractivity contribution >= 4 is 33.4 Å². The quantitative estimate of drug-likeness (QED) is 0.741. The Morgan fingerprint density at radius 3 is 2.81 bits per heavy atom. The fourth-order valence-electron chi connectivity index (χ4n) is 2.50. The van der Waals surface area contributed by atoms with Gasteiger partial charge in [0.05, 0.1) is 11.1 Å². The van der Waals surface area contributed by atoms with Gasteiger partial charge in [-0.2, -0.15) is 0 Å². The molecule has 0 aliphatic heterocycles. The van der Waals surface area contributed by atoms with E-state index in [9.17, 15) is 4.79 Å². The monoisotopic (exact) mass is 373 g/mol. The van der Waals surface area contributed by atoms with Gasteiger partial charge in [0.15, 0.2) is 0 Å². The number of carbonyl (C=O) groups excluding carboxylic acids is 1. The van der Waals surface area contributed by atoms with Crippen LogP contribution in [0.1, 0.15) is 48.9 Å². The molecule has 0 heterocycles. The third-order valence-corrected chi connectivity index (χ3v) is 4.93. The summed E-state index contributed by atoms with van der Waals surface area (Å²) in [6.45, 7) is 1.34. The van der Waals surface area contributed by atoms with E-state index in [-0.39, 0.29) is 5.91 Å². The number of carbonyl (C=O) groups is 1. The molecule has 21 heavy (non-hydrogen) atoms. The van der Waals surface area contributed by atoms with Gasteiger partial charge in [0.2, 0.25) is 0 Å². The molecule has 1 aromatic carbocycles. The average molecular weight is 375 g/mol. The molecule has 1 aliphatic carbocycles. The van der Waals surface area contributed by atoms with Crippen LogP contribution >= 0.6 is 27.5 Å². The number of hydrogen-bond donors (Lipinski definition) is 1. The van der Waals surface area contributed by atoms with Crippen LogP contribution in [-0.4, -0.2) is 25.2 Å². The molecule has 1 N–H and O–H groups in total. The number of amides is 1. The van der Waals surface area contributed by atoms with Gasteiger partial charge in [0.1, 0.15) is 0 Å². The molecule has 0 saturated heterocycles. The Balaban J connectivity index is 1.63. The van der Waals surface area contributed by atoms with E-state index < -0.39 is 0 Å². The van der Waals surface area contributed by atoms with Crippen LogP contribution in [0.15, 0.2) is 22.7 Å². The summed E-state index contributed by atoms with van der Waals surface area (Å²) in [4.78, 5) is 11.9. The van der Waals surface area contributed by atoms with Gasteiger partial charge >= 0.3 is 0 Å². The van der Waals surface area contributed by atoms with E-state index in [1.165, 1.54) is 32.1 Å². The van der Waals surface area contributed by atoms with Crippen LogP contribution in [0.2, 0.25) is 5.02 Å². The fourth-order valence-corrected chi connectivity index (χ4v) is 2.92. The molecule has 1 saturated carbocycles. The predicted molar refractivity (Wildman–Crippen MR) is 88.9 cm³/mol. The summed E-state index contributed by atoms with van der Waals surface area (Å²) in [7, 11) is 0. The minimum atomic E-state index is -0.0953. The van der Waals surface area contributed by atoms with Crippen molar-refractivity contribution in [1.82, 2.24) is 5.32 Å². The van der Waals surface area contributed by atoms with E-state index in [4.69, 9.17) is 16.3 Å². The highest BCUT2D eigenvalue weighted by molar-refractivity contribution is 9.10. The summed E-state index contributed by atoms with van der Waals surface area (Å²) < 4.78 is 6.62. The summed E-state index contributed by atoms with van der Waals surface area (Å²) in [5, 5.41) is 3.44. The molecule has 1 fully saturated rings. The normalized spacial score (nSPS) is 15.9. The largest absolute Gasteiger partial charge is 0.378 e. The van der Waals surface area contributed by atoms with Crippen LogP contribution in [0.3, 0.4) is 0 Å². The van der Waals surface area contributed by atoms with Gasteiger partial charge in [-0.05, 0) is 53.4 Å². The summed E-state index contributed by atoms with van der Waals surface area (Å²) in [6.07, 6.45) is 7.54. The molecule has 0 atom stereocenters. The zero-order chi connectivity index (χ0) is 15.1. The van der Waals surface area contributed by atoms with Gasteiger partial charge < -0.3 is 10.1 Å². The van der Waals surface area contributed by atoms with Crippen molar-refractivity contribution in [2.45, 2.75) is 44.6 Å². The second-order valence-corrected chi connectivity index (χ2v) is 6.63. The third kappa shape index (κ3) is 5.61. The Morgan fingerprint density at radius 2 is 2.10 bits per heavy atom. The number of rotatable bonds is 6. The van der Waals surface area contributed by atoms with Gasteiger partial charge in [-0.25, -0.2) is 0 Å². The lowest BCUT2D eigenvalue weighted by Gasteiger charge is -2.21. The van der Waals surface area contributed by atoms with Gasteiger partial charge in [0.25, 0.3) is 5.91 Å². The first-order valence-electron chi connectivity index (χ1n) is 7.51. The van der Waals surface area contributed by atoms with Gasteiger partial charge in [-0.15, -0.1) is 0 Å². The van der Waals surface area contributed by atoms with Crippen molar-refractivity contribution in [3.05, 3.63) is 33.3 Å². The lowest BCUT2D eigenvalue weighted by molar-refractivity contribution is 0.0273. The fraction of sp³-hybridized carbons (Fsp3) is 0.562. The Bertz CT molecular complexity index is 475. The smallest absolute Gasteiger partial charge is 0.251 e. The molecule has 2 rings (SSSR count). The van der Waals surface area contributed by atoms with Crippen LogP contribution in [0, 0.1) is 0 Å². The molecule has 0 radical (unpaired) electrons. The molecule has 1 aromatic rings. The molecular formula is C16H21BrClNO2. The van der Waals surface area contributed by atoms with Crippen molar-refractivity contribution in [2.24, 2.45) is 0 Å². The summed E-state index contributed by atoms with van der Waals surface area (Å²) >= 11 is 9.29. The molecular weight excluding hydrogens is 354 g/mol. The van der Waals surface area contributed by atoms with Crippen molar-refractivity contribution < 1.29 is 9.53 Å². The second-order valence-electron chi connectivity index (χ2n) is 5.37. The Labute approximate surface area is 139 Å². The maximum absolute atomic E-state index is 11.9. The van der Waals surface area contributed by atoms with E-state index in [0.717, 1.165) is 10.9 Å². The maximum Gasteiger partial charge on any atom is 0.251 e. The molecule has 0 bridgehead atoms. The van der Waals surface area contributed by atoms with Crippen LogP contribution < -0.4 is 5.32 Å². The van der Waals surface area contributed by atoms with E-state index in [1.807, 2.05) is 0 Å². The zero-order valence-electron chi connectivity index (χ0n) is 12.0. The molecule has 0 unspecified atom stereocenters. The molecule has 116 valence electrons. The summed E-state index contributed by atoms with van der Waals surface area (Å²) in [6, 6.07) is 5.20. The molecule has 1 aliphatic rings. The zero-order valence-corrected chi connectivity index (χ0v) is 14.4. The van der Waals surface area contributed by atoms with Crippen molar-refractivity contribution in [3.8, 4) is 0 Å². The van der Waals surface area contributed by atoms with E-state index in [1.54, 1.807) is 18.2 Å². The SMILES string of the molecule is O=C(NCCCOC1CCCCC1)c1ccc(Br)c(Cl)c1. The van der Waals surface area contributed by atoms with Crippen molar-refractivity contribution in [1.29, 1.82) is 0 Å². The Hall–Kier alpha value is -0.580. The highest BCUT2D eigenvalue weighted by Gasteiger charge is 2.13. The topological polar surface area (TPSA) is 38.3 Å². The molecule has 0 spiro atoms. The predicted octanol–water partition coefficient (Wildman–Crippen LogP) is 4.57. The van der Waals surface area contributed by atoms with Gasteiger partial charge in [-0.3, -0.25) is 4.79 Å². The highest BCUT2D eigenvalue weighted by Crippen LogP contribution is 2.23. The summed E-state index contributed by atoms with van der Waals surface area (Å²) in [5.74, 6) is -0.0953. The van der Waals surface area contributed by atoms with Gasteiger partial charge in [-0.1, -0.05) is 30.9 Å². The lowest BCUT2D eigenvalue weighted by Crippen LogP contribution is -2.26. The number of hydrogen-bond acceptors (Lipinski definition) is 2. The number of benzene rings is 1. The highest BCUT2D eigenvalue weighted by atomic mass is 79.9. The van der Waals surface area contributed by atoms with Crippen LogP contribution in [-0.2, 0) is 4.74 Å².